The van der Waals surface area contributed by atoms with E-state index in [9.17, 15) is 4.79 Å². The van der Waals surface area contributed by atoms with Crippen LogP contribution in [0.15, 0.2) is 34.2 Å². The monoisotopic (exact) mass is 288 g/mol. The molecule has 2 N–H and O–H groups in total. The third kappa shape index (κ3) is 2.62. The lowest BCUT2D eigenvalue weighted by Gasteiger charge is -1.99. The largest absolute Gasteiger partial charge is 0.440 e. The van der Waals surface area contributed by atoms with Crippen molar-refractivity contribution in [1.82, 2.24) is 15.2 Å². The number of H-pyrrole nitrogens is 1. The first-order chi connectivity index (χ1) is 9.72. The molecule has 1 amide bonds. The van der Waals surface area contributed by atoms with Gasteiger partial charge in [0.25, 0.3) is 0 Å². The molecular formula is C13H12N4O2S. The highest BCUT2D eigenvalue weighted by Gasteiger charge is 2.15. The summed E-state index contributed by atoms with van der Waals surface area (Å²) in [5, 5.41) is 11.1. The third-order valence-corrected chi connectivity index (χ3v) is 3.59. The predicted molar refractivity (Wildman–Crippen MR) is 75.5 cm³/mol. The van der Waals surface area contributed by atoms with Gasteiger partial charge in [-0.3, -0.25) is 9.89 Å². The van der Waals surface area contributed by atoms with Gasteiger partial charge in [0.15, 0.2) is 0 Å². The molecule has 3 rings (SSSR count). The molecule has 0 saturated carbocycles. The molecular weight excluding hydrogens is 276 g/mol. The number of nitrogens with zero attached hydrogens (tertiary/aromatic N) is 2. The fraction of sp³-hybridized carbons (Fsp3) is 0.154. The Morgan fingerprint density at radius 2 is 2.40 bits per heavy atom. The average Bonchev–Trinajstić information content (AvgIpc) is 3.12. The van der Waals surface area contributed by atoms with Crippen LogP contribution in [0.2, 0.25) is 0 Å². The summed E-state index contributed by atoms with van der Waals surface area (Å²) in [6.45, 7) is 1.81. The van der Waals surface area contributed by atoms with E-state index in [0.717, 1.165) is 4.88 Å². The lowest BCUT2D eigenvalue weighted by atomic mass is 10.2. The summed E-state index contributed by atoms with van der Waals surface area (Å²) >= 11 is 1.55. The van der Waals surface area contributed by atoms with Crippen LogP contribution in [-0.4, -0.2) is 21.1 Å². The van der Waals surface area contributed by atoms with Crippen LogP contribution in [0.1, 0.15) is 11.5 Å². The van der Waals surface area contributed by atoms with E-state index in [4.69, 9.17) is 4.42 Å². The van der Waals surface area contributed by atoms with Gasteiger partial charge in [0.2, 0.25) is 11.8 Å². The first-order valence-electron chi connectivity index (χ1n) is 6.02. The summed E-state index contributed by atoms with van der Waals surface area (Å²) in [6.07, 6.45) is 1.74. The van der Waals surface area contributed by atoms with Crippen molar-refractivity contribution in [2.45, 2.75) is 13.3 Å². The van der Waals surface area contributed by atoms with E-state index >= 15 is 0 Å². The Bertz CT molecular complexity index is 701. The minimum absolute atomic E-state index is 0.164. The Balaban J connectivity index is 1.73. The van der Waals surface area contributed by atoms with Gasteiger partial charge in [-0.15, -0.1) is 11.3 Å². The lowest BCUT2D eigenvalue weighted by molar-refractivity contribution is -0.115. The van der Waals surface area contributed by atoms with Crippen molar-refractivity contribution in [3.05, 3.63) is 41.2 Å². The van der Waals surface area contributed by atoms with Gasteiger partial charge in [0, 0.05) is 6.07 Å². The number of anilines is 1. The van der Waals surface area contributed by atoms with Crippen LogP contribution in [0.4, 0.5) is 5.82 Å². The van der Waals surface area contributed by atoms with Crippen molar-refractivity contribution in [2.75, 3.05) is 5.32 Å². The van der Waals surface area contributed by atoms with Crippen LogP contribution in [0.5, 0.6) is 0 Å². The Kier molecular flexibility index (Phi) is 3.34. The molecule has 0 saturated heterocycles. The summed E-state index contributed by atoms with van der Waals surface area (Å²) in [4.78, 5) is 17.2. The maximum Gasteiger partial charge on any atom is 0.236 e. The molecule has 6 nitrogen and oxygen atoms in total. The number of oxazole rings is 1. The number of nitrogens with one attached hydrogen (secondary N) is 2. The molecule has 0 spiro atoms. The standard InChI is InChI=1S/C13H12N4O2S/c1-8-9(7-12(18)16-11-4-5-14-17-11)15-13(19-8)10-3-2-6-20-10/h2-6H,7H2,1H3,(H2,14,16,17,18). The van der Waals surface area contributed by atoms with E-state index in [0.29, 0.717) is 23.2 Å². The summed E-state index contributed by atoms with van der Waals surface area (Å²) in [5.74, 6) is 1.62. The minimum atomic E-state index is -0.164. The normalized spacial score (nSPS) is 10.7. The summed E-state index contributed by atoms with van der Waals surface area (Å²) < 4.78 is 5.59. The second kappa shape index (κ2) is 5.30. The number of carbonyl (C=O) groups is 1. The van der Waals surface area contributed by atoms with E-state index in [2.05, 4.69) is 20.5 Å². The predicted octanol–water partition coefficient (Wildman–Crippen LogP) is 2.62. The second-order valence-corrected chi connectivity index (χ2v) is 5.14. The van der Waals surface area contributed by atoms with Gasteiger partial charge in [0.05, 0.1) is 23.2 Å². The minimum Gasteiger partial charge on any atom is -0.440 e. The number of rotatable bonds is 4. The molecule has 0 fully saturated rings. The molecule has 0 unspecified atom stereocenters. The Hall–Kier alpha value is -2.41. The zero-order valence-electron chi connectivity index (χ0n) is 10.7. The number of aromatic amines is 1. The fourth-order valence-electron chi connectivity index (χ4n) is 1.77. The highest BCUT2D eigenvalue weighted by atomic mass is 32.1. The van der Waals surface area contributed by atoms with Crippen LogP contribution in [0.3, 0.4) is 0 Å². The molecule has 0 aliphatic carbocycles. The number of aromatic nitrogens is 3. The van der Waals surface area contributed by atoms with Crippen molar-refractivity contribution in [2.24, 2.45) is 0 Å². The number of hydrogen-bond donors (Lipinski definition) is 2. The first kappa shape index (κ1) is 12.6. The quantitative estimate of drug-likeness (QED) is 0.773. The van der Waals surface area contributed by atoms with Crippen LogP contribution in [0, 0.1) is 6.92 Å². The van der Waals surface area contributed by atoms with E-state index in [1.807, 2.05) is 24.4 Å². The highest BCUT2D eigenvalue weighted by molar-refractivity contribution is 7.13. The van der Waals surface area contributed by atoms with Crippen molar-refractivity contribution in [1.29, 1.82) is 0 Å². The van der Waals surface area contributed by atoms with Gasteiger partial charge >= 0.3 is 0 Å². The van der Waals surface area contributed by atoms with Crippen molar-refractivity contribution >= 4 is 23.1 Å². The van der Waals surface area contributed by atoms with Crippen LogP contribution < -0.4 is 5.32 Å². The van der Waals surface area contributed by atoms with Gasteiger partial charge in [-0.25, -0.2) is 4.98 Å². The zero-order chi connectivity index (χ0) is 13.9. The SMILES string of the molecule is Cc1oc(-c2cccs2)nc1CC(=O)Nc1ccn[nH]1. The van der Waals surface area contributed by atoms with E-state index < -0.39 is 0 Å². The Morgan fingerprint density at radius 1 is 1.50 bits per heavy atom. The molecule has 0 atom stereocenters. The molecule has 20 heavy (non-hydrogen) atoms. The first-order valence-corrected chi connectivity index (χ1v) is 6.90. The van der Waals surface area contributed by atoms with E-state index in [1.54, 1.807) is 23.6 Å². The summed E-state index contributed by atoms with van der Waals surface area (Å²) in [5.41, 5.74) is 0.644. The molecule has 0 radical (unpaired) electrons. The van der Waals surface area contributed by atoms with Gasteiger partial charge in [-0.1, -0.05) is 6.07 Å². The second-order valence-electron chi connectivity index (χ2n) is 4.19. The molecule has 3 aromatic rings. The van der Waals surface area contributed by atoms with Gasteiger partial charge in [-0.2, -0.15) is 5.10 Å². The molecule has 0 bridgehead atoms. The Labute approximate surface area is 118 Å². The summed E-state index contributed by atoms with van der Waals surface area (Å²) in [7, 11) is 0. The smallest absolute Gasteiger partial charge is 0.236 e. The van der Waals surface area contributed by atoms with Gasteiger partial charge in [-0.05, 0) is 18.4 Å². The third-order valence-electron chi connectivity index (χ3n) is 2.73. The van der Waals surface area contributed by atoms with Gasteiger partial charge in [0.1, 0.15) is 11.6 Å². The fourth-order valence-corrected chi connectivity index (χ4v) is 2.42. The van der Waals surface area contributed by atoms with Crippen LogP contribution in [-0.2, 0) is 11.2 Å². The zero-order valence-corrected chi connectivity index (χ0v) is 11.5. The van der Waals surface area contributed by atoms with Crippen molar-refractivity contribution in [3.63, 3.8) is 0 Å². The molecule has 0 aromatic carbocycles. The van der Waals surface area contributed by atoms with Crippen LogP contribution in [0.25, 0.3) is 10.8 Å². The number of thiophene rings is 1. The molecule has 0 aliphatic rings. The molecule has 3 aromatic heterocycles. The summed E-state index contributed by atoms with van der Waals surface area (Å²) in [6, 6.07) is 5.55. The molecule has 7 heteroatoms. The topological polar surface area (TPSA) is 83.8 Å². The van der Waals surface area contributed by atoms with E-state index in [1.165, 1.54) is 0 Å². The average molecular weight is 288 g/mol. The Morgan fingerprint density at radius 3 is 3.10 bits per heavy atom. The van der Waals surface area contributed by atoms with Gasteiger partial charge < -0.3 is 9.73 Å². The van der Waals surface area contributed by atoms with Crippen molar-refractivity contribution in [3.8, 4) is 10.8 Å². The maximum absolute atomic E-state index is 11.9. The van der Waals surface area contributed by atoms with Crippen LogP contribution >= 0.6 is 11.3 Å². The molecule has 102 valence electrons. The lowest BCUT2D eigenvalue weighted by Crippen LogP contribution is -2.15. The van der Waals surface area contributed by atoms with Crippen molar-refractivity contribution < 1.29 is 9.21 Å². The highest BCUT2D eigenvalue weighted by Crippen LogP contribution is 2.26. The maximum atomic E-state index is 11.9. The number of amides is 1. The molecule has 3 heterocycles. The number of hydrogen-bond acceptors (Lipinski definition) is 5. The molecule has 0 aliphatic heterocycles. The van der Waals surface area contributed by atoms with E-state index in [-0.39, 0.29) is 12.3 Å². The number of carbonyl (C=O) groups excluding carboxylic acids is 1. The number of aryl methyl sites for hydroxylation is 1.